The number of hydrogen-bond acceptors (Lipinski definition) is 2. The summed E-state index contributed by atoms with van der Waals surface area (Å²) in [7, 11) is 0. The second-order valence-corrected chi connectivity index (χ2v) is 2.96. The van der Waals surface area contributed by atoms with Gasteiger partial charge in [-0.2, -0.15) is 0 Å². The fourth-order valence-electron chi connectivity index (χ4n) is 0.917. The first-order valence-electron chi connectivity index (χ1n) is 3.77. The first kappa shape index (κ1) is 11.5. The Hall–Kier alpha value is 0.500. The van der Waals surface area contributed by atoms with E-state index >= 15 is 0 Å². The lowest BCUT2D eigenvalue weighted by Gasteiger charge is -2.24. The number of rotatable bonds is 1. The highest BCUT2D eigenvalue weighted by Gasteiger charge is 2.05. The van der Waals surface area contributed by atoms with E-state index in [1.54, 1.807) is 0 Å². The van der Waals surface area contributed by atoms with Gasteiger partial charge >= 0.3 is 0 Å². The third kappa shape index (κ3) is 6.88. The molecule has 11 heavy (non-hydrogen) atoms. The summed E-state index contributed by atoms with van der Waals surface area (Å²) in [5.74, 6) is 0. The van der Waals surface area contributed by atoms with Crippen molar-refractivity contribution in [1.29, 1.82) is 0 Å². The van der Waals surface area contributed by atoms with E-state index in [9.17, 15) is 0 Å². The Morgan fingerprint density at radius 3 is 2.00 bits per heavy atom. The van der Waals surface area contributed by atoms with Crippen LogP contribution in [0.5, 0.6) is 0 Å². The van der Waals surface area contributed by atoms with Gasteiger partial charge in [-0.1, -0.05) is 6.92 Å². The van der Waals surface area contributed by atoms with Gasteiger partial charge in [-0.05, 0) is 6.54 Å². The Morgan fingerprint density at radius 2 is 1.73 bits per heavy atom. The highest BCUT2D eigenvalue weighted by atomic mass is 35.5. The fraction of sp³-hybridized carbons (Fsp3) is 1.00. The van der Waals surface area contributed by atoms with E-state index in [-0.39, 0.29) is 5.34 Å². The maximum Gasteiger partial charge on any atom is 0.0967 e. The largest absolute Gasteiger partial charge is 0.379 e. The number of likely N-dealkylation sites (N-methyl/N-ethyl adjacent to an activating group) is 1. The van der Waals surface area contributed by atoms with Crippen molar-refractivity contribution in [3.8, 4) is 0 Å². The normalized spacial score (nSPS) is 18.8. The van der Waals surface area contributed by atoms with Crippen molar-refractivity contribution in [2.75, 3.05) is 38.2 Å². The van der Waals surface area contributed by atoms with Crippen LogP contribution in [0, 0.1) is 0 Å². The molecule has 0 aliphatic carbocycles. The molecule has 0 bridgehead atoms. The summed E-state index contributed by atoms with van der Waals surface area (Å²) in [6.07, 6.45) is 0. The zero-order valence-electron chi connectivity index (χ0n) is 6.85. The van der Waals surface area contributed by atoms with Gasteiger partial charge in [-0.25, -0.2) is 0 Å². The number of ether oxygens (including phenoxy) is 1. The molecule has 0 N–H and O–H groups in total. The van der Waals surface area contributed by atoms with Crippen LogP contribution in [0.1, 0.15) is 6.92 Å². The van der Waals surface area contributed by atoms with Crippen LogP contribution in [0.15, 0.2) is 0 Å². The van der Waals surface area contributed by atoms with E-state index in [2.05, 4.69) is 11.8 Å². The minimum Gasteiger partial charge on any atom is -0.379 e. The second kappa shape index (κ2) is 8.60. The van der Waals surface area contributed by atoms with Crippen molar-refractivity contribution in [2.24, 2.45) is 0 Å². The van der Waals surface area contributed by atoms with Crippen molar-refractivity contribution >= 4 is 23.2 Å². The molecule has 0 aromatic carbocycles. The Bertz CT molecular complexity index is 76.8. The topological polar surface area (TPSA) is 12.5 Å². The lowest BCUT2D eigenvalue weighted by Crippen LogP contribution is -2.35. The molecular weight excluding hydrogens is 185 g/mol. The molecule has 0 radical (unpaired) electrons. The van der Waals surface area contributed by atoms with Crippen LogP contribution in [0.25, 0.3) is 0 Å². The van der Waals surface area contributed by atoms with Gasteiger partial charge in [0.05, 0.1) is 18.6 Å². The van der Waals surface area contributed by atoms with E-state index in [1.807, 2.05) is 0 Å². The molecule has 1 aliphatic rings. The number of nitrogens with zero attached hydrogens (tertiary/aromatic N) is 1. The molecule has 2 nitrogen and oxygen atoms in total. The van der Waals surface area contributed by atoms with Gasteiger partial charge in [0.2, 0.25) is 0 Å². The van der Waals surface area contributed by atoms with Crippen molar-refractivity contribution in [2.45, 2.75) is 6.92 Å². The zero-order chi connectivity index (χ0) is 8.53. The Kier molecular flexibility index (Phi) is 8.99. The minimum absolute atomic E-state index is 0.194. The molecule has 1 aliphatic heterocycles. The van der Waals surface area contributed by atoms with Gasteiger partial charge in [-0.15, -0.1) is 23.2 Å². The molecule has 1 rings (SSSR count). The second-order valence-electron chi connectivity index (χ2n) is 2.15. The summed E-state index contributed by atoms with van der Waals surface area (Å²) in [5.41, 5.74) is 0. The van der Waals surface area contributed by atoms with E-state index in [4.69, 9.17) is 27.9 Å². The van der Waals surface area contributed by atoms with Gasteiger partial charge < -0.3 is 4.74 Å². The minimum atomic E-state index is 0.194. The summed E-state index contributed by atoms with van der Waals surface area (Å²) in [4.78, 5) is 2.39. The third-order valence-electron chi connectivity index (χ3n) is 1.55. The van der Waals surface area contributed by atoms with Crippen molar-refractivity contribution in [3.63, 3.8) is 0 Å². The summed E-state index contributed by atoms with van der Waals surface area (Å²) in [6.45, 7) is 7.45. The van der Waals surface area contributed by atoms with E-state index in [0.29, 0.717) is 0 Å². The molecule has 0 aromatic rings. The summed E-state index contributed by atoms with van der Waals surface area (Å²) in [5, 5.41) is 0.194. The highest BCUT2D eigenvalue weighted by molar-refractivity contribution is 6.40. The van der Waals surface area contributed by atoms with E-state index in [1.165, 1.54) is 6.54 Å². The van der Waals surface area contributed by atoms with Crippen LogP contribution in [-0.2, 0) is 4.74 Å². The Morgan fingerprint density at radius 1 is 1.27 bits per heavy atom. The quantitative estimate of drug-likeness (QED) is 0.598. The summed E-state index contributed by atoms with van der Waals surface area (Å²) in [6, 6.07) is 0. The van der Waals surface area contributed by atoms with Crippen molar-refractivity contribution < 1.29 is 4.74 Å². The lowest BCUT2D eigenvalue weighted by molar-refractivity contribution is 0.0405. The first-order chi connectivity index (χ1) is 5.35. The van der Waals surface area contributed by atoms with Crippen molar-refractivity contribution in [1.82, 2.24) is 4.90 Å². The van der Waals surface area contributed by atoms with Crippen LogP contribution in [0.3, 0.4) is 0 Å². The van der Waals surface area contributed by atoms with Crippen LogP contribution < -0.4 is 0 Å². The van der Waals surface area contributed by atoms with Gasteiger partial charge in [0.1, 0.15) is 0 Å². The molecular formula is C7H15Cl2NO. The Balaban J connectivity index is 0.000000292. The number of morpholine rings is 1. The number of hydrogen-bond donors (Lipinski definition) is 0. The number of halogens is 2. The molecule has 0 atom stereocenters. The first-order valence-corrected chi connectivity index (χ1v) is 4.84. The predicted molar refractivity (Wildman–Crippen MR) is 49.5 cm³/mol. The van der Waals surface area contributed by atoms with Crippen LogP contribution in [0.4, 0.5) is 0 Å². The molecule has 0 unspecified atom stereocenters. The molecule has 1 heterocycles. The van der Waals surface area contributed by atoms with Crippen LogP contribution in [0.2, 0.25) is 0 Å². The van der Waals surface area contributed by atoms with Gasteiger partial charge in [0.25, 0.3) is 0 Å². The lowest BCUT2D eigenvalue weighted by atomic mass is 10.4. The average Bonchev–Trinajstić information content (AvgIpc) is 2.08. The van der Waals surface area contributed by atoms with Gasteiger partial charge in [-0.3, -0.25) is 4.90 Å². The molecule has 4 heteroatoms. The maximum absolute atomic E-state index is 5.16. The summed E-state index contributed by atoms with van der Waals surface area (Å²) >= 11 is 9.53. The third-order valence-corrected chi connectivity index (χ3v) is 1.55. The molecule has 0 saturated carbocycles. The molecule has 1 saturated heterocycles. The van der Waals surface area contributed by atoms with Gasteiger partial charge in [0, 0.05) is 13.1 Å². The molecule has 0 aromatic heterocycles. The van der Waals surface area contributed by atoms with E-state index in [0.717, 1.165) is 26.3 Å². The SMILES string of the molecule is CCN1CCOCC1.ClCCl. The molecule has 68 valence electrons. The monoisotopic (exact) mass is 199 g/mol. The molecule has 1 fully saturated rings. The van der Waals surface area contributed by atoms with Crippen LogP contribution >= 0.6 is 23.2 Å². The molecule has 0 spiro atoms. The van der Waals surface area contributed by atoms with E-state index < -0.39 is 0 Å². The smallest absolute Gasteiger partial charge is 0.0967 e. The standard InChI is InChI=1S/C6H13NO.CH2Cl2/c1-2-7-3-5-8-6-4-7;2-1-3/h2-6H2,1H3;1H2. The Labute approximate surface area is 78.4 Å². The average molecular weight is 200 g/mol. The number of alkyl halides is 2. The van der Waals surface area contributed by atoms with Crippen molar-refractivity contribution in [3.05, 3.63) is 0 Å². The van der Waals surface area contributed by atoms with Crippen LogP contribution in [-0.4, -0.2) is 43.1 Å². The fourth-order valence-corrected chi connectivity index (χ4v) is 0.917. The highest BCUT2D eigenvalue weighted by Crippen LogP contribution is 1.93. The molecule has 0 amide bonds. The zero-order valence-corrected chi connectivity index (χ0v) is 8.37. The predicted octanol–water partition coefficient (Wildman–Crippen LogP) is 1.76. The van der Waals surface area contributed by atoms with Gasteiger partial charge in [0.15, 0.2) is 0 Å². The maximum atomic E-state index is 5.16. The summed E-state index contributed by atoms with van der Waals surface area (Å²) < 4.78 is 5.16.